The third kappa shape index (κ3) is 6.82. The molecule has 36 heavy (non-hydrogen) atoms. The van der Waals surface area contributed by atoms with E-state index < -0.39 is 36.1 Å². The maximum Gasteiger partial charge on any atom is 0.126 e. The van der Waals surface area contributed by atoms with Crippen LogP contribution in [0.4, 0.5) is 0 Å². The molecule has 2 aromatic carbocycles. The SMILES string of the molecule is C/C=C/CC(O)(Cc1ccccc1C(C)C)[C@@H](O)[C@@](O)(Cc1ccccc1C(C)C)[C@H](O)[C@@H](O)CO. The molecule has 0 aliphatic rings. The molecule has 1 unspecified atom stereocenters. The Labute approximate surface area is 215 Å². The second-order valence-electron chi connectivity index (χ2n) is 10.5. The van der Waals surface area contributed by atoms with Crippen molar-refractivity contribution in [2.24, 2.45) is 0 Å². The lowest BCUT2D eigenvalue weighted by Crippen LogP contribution is -2.66. The van der Waals surface area contributed by atoms with Crippen LogP contribution in [0.3, 0.4) is 0 Å². The third-order valence-electron chi connectivity index (χ3n) is 7.08. The number of hydrogen-bond acceptors (Lipinski definition) is 6. The van der Waals surface area contributed by atoms with Crippen LogP contribution in [0.5, 0.6) is 0 Å². The van der Waals surface area contributed by atoms with Crippen molar-refractivity contribution in [1.82, 2.24) is 0 Å². The first-order chi connectivity index (χ1) is 16.9. The number of aliphatic hydroxyl groups excluding tert-OH is 4. The first-order valence-corrected chi connectivity index (χ1v) is 12.8. The van der Waals surface area contributed by atoms with Gasteiger partial charge in [0.25, 0.3) is 0 Å². The van der Waals surface area contributed by atoms with Gasteiger partial charge in [-0.05, 0) is 47.4 Å². The summed E-state index contributed by atoms with van der Waals surface area (Å²) in [6.07, 6.45) is -2.25. The van der Waals surface area contributed by atoms with Crippen LogP contribution in [0.25, 0.3) is 0 Å². The number of hydrogen-bond donors (Lipinski definition) is 6. The summed E-state index contributed by atoms with van der Waals surface area (Å²) < 4.78 is 0. The fourth-order valence-electron chi connectivity index (χ4n) is 5.02. The summed E-state index contributed by atoms with van der Waals surface area (Å²) in [5.74, 6) is 0.269. The van der Waals surface area contributed by atoms with Gasteiger partial charge in [-0.15, -0.1) is 0 Å². The van der Waals surface area contributed by atoms with Gasteiger partial charge in [0.1, 0.15) is 29.5 Å². The number of aliphatic hydroxyl groups is 6. The molecule has 0 fully saturated rings. The van der Waals surface area contributed by atoms with Gasteiger partial charge >= 0.3 is 0 Å². The molecule has 5 atom stereocenters. The van der Waals surface area contributed by atoms with Crippen LogP contribution < -0.4 is 0 Å². The fraction of sp³-hybridized carbons (Fsp3) is 0.533. The van der Waals surface area contributed by atoms with Gasteiger partial charge in [0.15, 0.2) is 0 Å². The maximum atomic E-state index is 11.9. The summed E-state index contributed by atoms with van der Waals surface area (Å²) in [7, 11) is 0. The molecule has 0 aliphatic heterocycles. The topological polar surface area (TPSA) is 121 Å². The van der Waals surface area contributed by atoms with Crippen molar-refractivity contribution in [3.63, 3.8) is 0 Å². The minimum Gasteiger partial charge on any atom is -0.394 e. The number of allylic oxidation sites excluding steroid dienone is 1. The normalized spacial score (nSPS) is 18.2. The summed E-state index contributed by atoms with van der Waals surface area (Å²) in [5.41, 5.74) is -0.829. The zero-order valence-electron chi connectivity index (χ0n) is 22.2. The molecule has 0 heterocycles. The zero-order chi connectivity index (χ0) is 27.1. The summed E-state index contributed by atoms with van der Waals surface area (Å²) in [6.45, 7) is 9.06. The van der Waals surface area contributed by atoms with Crippen LogP contribution in [-0.4, -0.2) is 66.8 Å². The standard InChI is InChI=1S/C30H44O6/c1-6-7-16-29(35,17-22-12-8-10-14-24(22)20(2)3)28(34)30(36,27(33)26(32)19-31)18-23-13-9-11-15-25(23)21(4)5/h6-15,20-21,26-28,31-36H,16-19H2,1-5H3/b7-6+/t26-,27+,28+,29?,30+/m0/s1. The van der Waals surface area contributed by atoms with Gasteiger partial charge in [0.05, 0.1) is 6.61 Å². The van der Waals surface area contributed by atoms with E-state index in [9.17, 15) is 30.6 Å². The molecule has 0 saturated heterocycles. The van der Waals surface area contributed by atoms with E-state index in [0.717, 1.165) is 16.7 Å². The molecule has 0 bridgehead atoms. The van der Waals surface area contributed by atoms with Crippen LogP contribution in [0.15, 0.2) is 60.7 Å². The van der Waals surface area contributed by atoms with E-state index in [1.165, 1.54) is 0 Å². The lowest BCUT2D eigenvalue weighted by molar-refractivity contribution is -0.228. The summed E-state index contributed by atoms with van der Waals surface area (Å²) in [6, 6.07) is 15.0. The molecule has 0 aromatic heterocycles. The van der Waals surface area contributed by atoms with Gasteiger partial charge in [-0.3, -0.25) is 0 Å². The predicted octanol–water partition coefficient (Wildman–Crippen LogP) is 3.22. The highest BCUT2D eigenvalue weighted by Crippen LogP contribution is 2.37. The Morgan fingerprint density at radius 3 is 1.69 bits per heavy atom. The monoisotopic (exact) mass is 500 g/mol. The number of benzene rings is 2. The van der Waals surface area contributed by atoms with Crippen molar-refractivity contribution >= 4 is 0 Å². The Morgan fingerprint density at radius 2 is 1.25 bits per heavy atom. The van der Waals surface area contributed by atoms with Crippen molar-refractivity contribution in [1.29, 1.82) is 0 Å². The minimum absolute atomic E-state index is 0.00712. The summed E-state index contributed by atoms with van der Waals surface area (Å²) in [5, 5.41) is 66.6. The molecular weight excluding hydrogens is 456 g/mol. The number of rotatable bonds is 13. The highest BCUT2D eigenvalue weighted by molar-refractivity contribution is 5.34. The lowest BCUT2D eigenvalue weighted by atomic mass is 9.70. The van der Waals surface area contributed by atoms with Crippen LogP contribution >= 0.6 is 0 Å². The largest absolute Gasteiger partial charge is 0.394 e. The Kier molecular flexibility index (Phi) is 10.9. The lowest BCUT2D eigenvalue weighted by Gasteiger charge is -2.46. The first-order valence-electron chi connectivity index (χ1n) is 12.8. The molecule has 0 spiro atoms. The van der Waals surface area contributed by atoms with E-state index in [0.29, 0.717) is 5.56 Å². The van der Waals surface area contributed by atoms with Gasteiger partial charge in [0.2, 0.25) is 0 Å². The van der Waals surface area contributed by atoms with Gasteiger partial charge < -0.3 is 30.6 Å². The van der Waals surface area contributed by atoms with Crippen molar-refractivity contribution in [3.8, 4) is 0 Å². The van der Waals surface area contributed by atoms with Crippen LogP contribution in [-0.2, 0) is 12.8 Å². The van der Waals surface area contributed by atoms with E-state index in [-0.39, 0.29) is 31.1 Å². The molecule has 200 valence electrons. The molecule has 2 aromatic rings. The molecule has 0 amide bonds. The van der Waals surface area contributed by atoms with E-state index in [1.807, 2.05) is 64.1 Å². The molecule has 2 rings (SSSR count). The molecule has 0 aliphatic carbocycles. The second kappa shape index (κ2) is 13.0. The van der Waals surface area contributed by atoms with Gasteiger partial charge in [-0.1, -0.05) is 88.4 Å². The summed E-state index contributed by atoms with van der Waals surface area (Å²) in [4.78, 5) is 0. The van der Waals surface area contributed by atoms with E-state index in [2.05, 4.69) is 0 Å². The van der Waals surface area contributed by atoms with Crippen molar-refractivity contribution in [2.75, 3.05) is 6.61 Å². The van der Waals surface area contributed by atoms with E-state index in [1.54, 1.807) is 31.2 Å². The van der Waals surface area contributed by atoms with E-state index >= 15 is 0 Å². The third-order valence-corrected chi connectivity index (χ3v) is 7.08. The molecular formula is C30H44O6. The minimum atomic E-state index is -2.36. The quantitative estimate of drug-likeness (QED) is 0.235. The van der Waals surface area contributed by atoms with Gasteiger partial charge in [-0.2, -0.15) is 0 Å². The average Bonchev–Trinajstić information content (AvgIpc) is 2.86. The first kappa shape index (κ1) is 30.2. The van der Waals surface area contributed by atoms with E-state index in [4.69, 9.17) is 0 Å². The van der Waals surface area contributed by atoms with Gasteiger partial charge in [-0.25, -0.2) is 0 Å². The fourth-order valence-corrected chi connectivity index (χ4v) is 5.02. The van der Waals surface area contributed by atoms with Crippen LogP contribution in [0, 0.1) is 0 Å². The highest BCUT2D eigenvalue weighted by atomic mass is 16.4. The molecule has 0 radical (unpaired) electrons. The Morgan fingerprint density at radius 1 is 0.778 bits per heavy atom. The van der Waals surface area contributed by atoms with Gasteiger partial charge in [0, 0.05) is 12.8 Å². The molecule has 6 N–H and O–H groups in total. The van der Waals surface area contributed by atoms with Crippen molar-refractivity contribution in [2.45, 2.75) is 95.2 Å². The molecule has 6 nitrogen and oxygen atoms in total. The second-order valence-corrected chi connectivity index (χ2v) is 10.5. The predicted molar refractivity (Wildman–Crippen MR) is 143 cm³/mol. The Hall–Kier alpha value is -2.06. The summed E-state index contributed by atoms with van der Waals surface area (Å²) >= 11 is 0. The smallest absolute Gasteiger partial charge is 0.126 e. The highest BCUT2D eigenvalue weighted by Gasteiger charge is 2.54. The van der Waals surface area contributed by atoms with Crippen molar-refractivity contribution < 1.29 is 30.6 Å². The van der Waals surface area contributed by atoms with Crippen molar-refractivity contribution in [3.05, 3.63) is 82.9 Å². The molecule has 0 saturated carbocycles. The van der Waals surface area contributed by atoms with Crippen LogP contribution in [0.1, 0.15) is 75.1 Å². The van der Waals surface area contributed by atoms with Crippen LogP contribution in [0.2, 0.25) is 0 Å². The zero-order valence-corrected chi connectivity index (χ0v) is 22.2. The molecule has 6 heteroatoms. The average molecular weight is 501 g/mol. The Balaban J connectivity index is 2.64. The maximum absolute atomic E-state index is 11.9. The Bertz CT molecular complexity index is 987.